The second-order valence-electron chi connectivity index (χ2n) is 4.42. The highest BCUT2D eigenvalue weighted by Gasteiger charge is 2.45. The number of thiophene rings is 1. The minimum Gasteiger partial charge on any atom is -0.384 e. The summed E-state index contributed by atoms with van der Waals surface area (Å²) in [4.78, 5) is 1.14. The van der Waals surface area contributed by atoms with E-state index in [1.807, 2.05) is 17.5 Å². The summed E-state index contributed by atoms with van der Waals surface area (Å²) in [6.07, 6.45) is 1.90. The molecule has 2 rings (SSSR count). The van der Waals surface area contributed by atoms with Crippen molar-refractivity contribution < 1.29 is 5.11 Å². The van der Waals surface area contributed by atoms with E-state index in [2.05, 4.69) is 13.8 Å². The third-order valence-corrected chi connectivity index (χ3v) is 4.19. The average Bonchev–Trinajstić information content (AvgIpc) is 2.49. The molecule has 72 valence electrons. The largest absolute Gasteiger partial charge is 0.384 e. The second-order valence-corrected chi connectivity index (χ2v) is 5.37. The van der Waals surface area contributed by atoms with E-state index in [1.54, 1.807) is 11.3 Å². The summed E-state index contributed by atoms with van der Waals surface area (Å²) < 4.78 is 0. The van der Waals surface area contributed by atoms with Crippen LogP contribution in [0.2, 0.25) is 0 Å². The van der Waals surface area contributed by atoms with Crippen LogP contribution in [0.5, 0.6) is 0 Å². The summed E-state index contributed by atoms with van der Waals surface area (Å²) in [5, 5.41) is 12.2. The van der Waals surface area contributed by atoms with Crippen LogP contribution in [0.25, 0.3) is 0 Å². The first-order chi connectivity index (χ1) is 6.12. The van der Waals surface area contributed by atoms with Crippen molar-refractivity contribution in [2.45, 2.75) is 32.3 Å². The van der Waals surface area contributed by atoms with E-state index in [1.165, 1.54) is 0 Å². The summed E-state index contributed by atoms with van der Waals surface area (Å²) in [6, 6.07) is 4.06. The van der Waals surface area contributed by atoms with Gasteiger partial charge in [0.15, 0.2) is 0 Å². The molecular formula is C11H16OS. The Morgan fingerprint density at radius 1 is 1.54 bits per heavy atom. The Balaban J connectivity index is 2.04. The van der Waals surface area contributed by atoms with E-state index in [0.717, 1.165) is 17.7 Å². The van der Waals surface area contributed by atoms with Gasteiger partial charge in [0.2, 0.25) is 0 Å². The Morgan fingerprint density at radius 2 is 2.23 bits per heavy atom. The number of hydrogen-bond donors (Lipinski definition) is 1. The van der Waals surface area contributed by atoms with Gasteiger partial charge in [-0.1, -0.05) is 19.9 Å². The first kappa shape index (κ1) is 9.22. The summed E-state index contributed by atoms with van der Waals surface area (Å²) in [5.41, 5.74) is -0.483. The fourth-order valence-corrected chi connectivity index (χ4v) is 2.87. The van der Waals surface area contributed by atoms with Crippen LogP contribution in [0.15, 0.2) is 17.5 Å². The maximum absolute atomic E-state index is 10.2. The zero-order chi connectivity index (χ0) is 9.47. The van der Waals surface area contributed by atoms with Crippen LogP contribution < -0.4 is 0 Å². The highest BCUT2D eigenvalue weighted by molar-refractivity contribution is 7.10. The molecule has 1 aromatic heterocycles. The van der Waals surface area contributed by atoms with Crippen molar-refractivity contribution in [2.24, 2.45) is 11.8 Å². The van der Waals surface area contributed by atoms with Gasteiger partial charge in [0, 0.05) is 4.88 Å². The van der Waals surface area contributed by atoms with Gasteiger partial charge in [-0.3, -0.25) is 0 Å². The zero-order valence-electron chi connectivity index (χ0n) is 8.16. The quantitative estimate of drug-likeness (QED) is 0.771. The predicted molar refractivity (Wildman–Crippen MR) is 55.8 cm³/mol. The smallest absolute Gasteiger partial charge is 0.0993 e. The van der Waals surface area contributed by atoms with E-state index in [4.69, 9.17) is 0 Å². The van der Waals surface area contributed by atoms with Crippen molar-refractivity contribution in [3.63, 3.8) is 0 Å². The number of aliphatic hydroxyl groups is 1. The topological polar surface area (TPSA) is 20.2 Å². The van der Waals surface area contributed by atoms with Gasteiger partial charge in [-0.05, 0) is 36.1 Å². The lowest BCUT2D eigenvalue weighted by Gasteiger charge is -2.45. The molecule has 0 aliphatic heterocycles. The lowest BCUT2D eigenvalue weighted by atomic mass is 9.66. The van der Waals surface area contributed by atoms with Crippen LogP contribution in [-0.2, 0) is 5.60 Å². The van der Waals surface area contributed by atoms with Crippen LogP contribution in [0.4, 0.5) is 0 Å². The summed E-state index contributed by atoms with van der Waals surface area (Å²) in [5.74, 6) is 1.42. The molecule has 1 aliphatic rings. The summed E-state index contributed by atoms with van der Waals surface area (Å²) >= 11 is 1.67. The zero-order valence-corrected chi connectivity index (χ0v) is 8.97. The first-order valence-corrected chi connectivity index (χ1v) is 5.76. The second kappa shape index (κ2) is 3.10. The molecule has 1 nitrogen and oxygen atoms in total. The molecule has 0 amide bonds. The monoisotopic (exact) mass is 196 g/mol. The molecule has 0 radical (unpaired) electrons. The molecule has 1 N–H and O–H groups in total. The van der Waals surface area contributed by atoms with Crippen molar-refractivity contribution >= 4 is 11.3 Å². The number of rotatable bonds is 2. The van der Waals surface area contributed by atoms with Crippen LogP contribution in [0.3, 0.4) is 0 Å². The van der Waals surface area contributed by atoms with E-state index < -0.39 is 5.60 Å². The van der Waals surface area contributed by atoms with Gasteiger partial charge in [0.05, 0.1) is 5.60 Å². The van der Waals surface area contributed by atoms with Crippen LogP contribution >= 0.6 is 11.3 Å². The lowest BCUT2D eigenvalue weighted by Crippen LogP contribution is -2.42. The molecule has 0 spiro atoms. The van der Waals surface area contributed by atoms with E-state index in [0.29, 0.717) is 11.8 Å². The molecule has 2 heteroatoms. The van der Waals surface area contributed by atoms with E-state index >= 15 is 0 Å². The Kier molecular flexibility index (Phi) is 2.20. The van der Waals surface area contributed by atoms with Gasteiger partial charge < -0.3 is 5.11 Å². The highest BCUT2D eigenvalue weighted by Crippen LogP contribution is 2.49. The Labute approximate surface area is 83.4 Å². The fraction of sp³-hybridized carbons (Fsp3) is 0.636. The van der Waals surface area contributed by atoms with E-state index in [-0.39, 0.29) is 0 Å². The normalized spacial score (nSPS) is 33.4. The molecule has 1 saturated carbocycles. The van der Waals surface area contributed by atoms with Gasteiger partial charge in [-0.2, -0.15) is 0 Å². The van der Waals surface area contributed by atoms with Crippen molar-refractivity contribution in [1.29, 1.82) is 0 Å². The lowest BCUT2D eigenvalue weighted by molar-refractivity contribution is -0.0905. The third-order valence-electron chi connectivity index (χ3n) is 3.12. The third kappa shape index (κ3) is 1.53. The molecule has 1 aromatic rings. The highest BCUT2D eigenvalue weighted by atomic mass is 32.1. The average molecular weight is 196 g/mol. The molecule has 1 fully saturated rings. The van der Waals surface area contributed by atoms with Crippen LogP contribution in [0.1, 0.15) is 31.6 Å². The first-order valence-electron chi connectivity index (χ1n) is 4.88. The minimum atomic E-state index is -0.483. The molecule has 0 bridgehead atoms. The molecule has 0 aromatic carbocycles. The van der Waals surface area contributed by atoms with Crippen molar-refractivity contribution in [2.75, 3.05) is 0 Å². The SMILES string of the molecule is CC(C)C1CC(O)(c2cccs2)C1. The molecule has 13 heavy (non-hydrogen) atoms. The molecule has 0 saturated heterocycles. The van der Waals surface area contributed by atoms with Gasteiger partial charge >= 0.3 is 0 Å². The predicted octanol–water partition coefficient (Wildman–Crippen LogP) is 3.00. The summed E-state index contributed by atoms with van der Waals surface area (Å²) in [7, 11) is 0. The minimum absolute atomic E-state index is 0.483. The van der Waals surface area contributed by atoms with Crippen molar-refractivity contribution in [3.05, 3.63) is 22.4 Å². The Morgan fingerprint density at radius 3 is 2.69 bits per heavy atom. The van der Waals surface area contributed by atoms with Gasteiger partial charge in [0.1, 0.15) is 0 Å². The maximum atomic E-state index is 10.2. The van der Waals surface area contributed by atoms with Crippen molar-refractivity contribution in [3.8, 4) is 0 Å². The Bertz CT molecular complexity index is 270. The number of hydrogen-bond acceptors (Lipinski definition) is 2. The summed E-state index contributed by atoms with van der Waals surface area (Å²) in [6.45, 7) is 4.47. The molecule has 0 atom stereocenters. The van der Waals surface area contributed by atoms with Crippen LogP contribution in [0, 0.1) is 11.8 Å². The fourth-order valence-electron chi connectivity index (χ4n) is 2.02. The Hall–Kier alpha value is -0.340. The van der Waals surface area contributed by atoms with Crippen molar-refractivity contribution in [1.82, 2.24) is 0 Å². The molecule has 1 heterocycles. The van der Waals surface area contributed by atoms with Gasteiger partial charge in [-0.15, -0.1) is 11.3 Å². The molecule has 1 aliphatic carbocycles. The van der Waals surface area contributed by atoms with E-state index in [9.17, 15) is 5.11 Å². The molecule has 0 unspecified atom stereocenters. The van der Waals surface area contributed by atoms with Gasteiger partial charge in [-0.25, -0.2) is 0 Å². The van der Waals surface area contributed by atoms with Gasteiger partial charge in [0.25, 0.3) is 0 Å². The molecular weight excluding hydrogens is 180 g/mol. The maximum Gasteiger partial charge on any atom is 0.0993 e. The standard InChI is InChI=1S/C11H16OS/c1-8(2)9-6-11(12,7-9)10-4-3-5-13-10/h3-5,8-9,12H,6-7H2,1-2H3. The van der Waals surface area contributed by atoms with Crippen LogP contribution in [-0.4, -0.2) is 5.11 Å².